The van der Waals surface area contributed by atoms with E-state index in [2.05, 4.69) is 15.5 Å². The van der Waals surface area contributed by atoms with Crippen molar-refractivity contribution in [2.45, 2.75) is 26.2 Å². The predicted molar refractivity (Wildman–Crippen MR) is 96.1 cm³/mol. The van der Waals surface area contributed by atoms with Crippen molar-refractivity contribution in [2.24, 2.45) is 0 Å². The molecule has 0 fully saturated rings. The Morgan fingerprint density at radius 1 is 1.14 bits per heavy atom. The second-order valence-corrected chi connectivity index (χ2v) is 6.17. The fourth-order valence-corrected chi connectivity index (χ4v) is 2.67. The molecule has 6 nitrogen and oxygen atoms in total. The summed E-state index contributed by atoms with van der Waals surface area (Å²) in [4.78, 5) is 0. The van der Waals surface area contributed by atoms with E-state index in [4.69, 9.17) is 13.9 Å². The Morgan fingerprint density at radius 3 is 2.64 bits per heavy atom. The molecule has 0 aliphatic rings. The lowest BCUT2D eigenvalue weighted by Gasteiger charge is -2.14. The number of ether oxygens (including phenoxy) is 2. The predicted octanol–water partition coefficient (Wildman–Crippen LogP) is 4.22. The van der Waals surface area contributed by atoms with Crippen LogP contribution < -0.4 is 14.8 Å². The fourth-order valence-electron chi connectivity index (χ4n) is 2.67. The first kappa shape index (κ1) is 19.8. The van der Waals surface area contributed by atoms with Crippen LogP contribution in [0, 0.1) is 6.92 Å². The van der Waals surface area contributed by atoms with E-state index in [1.165, 1.54) is 13.2 Å². The van der Waals surface area contributed by atoms with E-state index in [1.807, 2.05) is 19.1 Å². The van der Waals surface area contributed by atoms with Gasteiger partial charge in [-0.3, -0.25) is 5.10 Å². The van der Waals surface area contributed by atoms with Crippen molar-refractivity contribution < 1.29 is 27.1 Å². The van der Waals surface area contributed by atoms with Gasteiger partial charge in [0.25, 0.3) is 0 Å². The number of aromatic nitrogens is 2. The van der Waals surface area contributed by atoms with Gasteiger partial charge in [-0.2, -0.15) is 18.3 Å². The molecule has 0 atom stereocenters. The molecule has 150 valence electrons. The summed E-state index contributed by atoms with van der Waals surface area (Å²) in [6.07, 6.45) is -2.69. The average Bonchev–Trinajstić information content (AvgIpc) is 3.28. The zero-order chi connectivity index (χ0) is 20.1. The van der Waals surface area contributed by atoms with Gasteiger partial charge in [-0.15, -0.1) is 0 Å². The van der Waals surface area contributed by atoms with Gasteiger partial charge in [0.05, 0.1) is 13.3 Å². The molecule has 0 bridgehead atoms. The largest absolute Gasteiger partial charge is 0.493 e. The summed E-state index contributed by atoms with van der Waals surface area (Å²) in [5.74, 6) is 1.82. The molecule has 0 saturated heterocycles. The number of aryl methyl sites for hydroxylation is 1. The van der Waals surface area contributed by atoms with Gasteiger partial charge in [-0.25, -0.2) is 0 Å². The van der Waals surface area contributed by atoms with Gasteiger partial charge in [0.15, 0.2) is 23.9 Å². The number of nitrogens with zero attached hydrogens (tertiary/aromatic N) is 1. The lowest BCUT2D eigenvalue weighted by molar-refractivity contribution is -0.153. The molecule has 2 aromatic heterocycles. The van der Waals surface area contributed by atoms with Crippen molar-refractivity contribution in [1.29, 1.82) is 0 Å². The molecule has 0 aliphatic carbocycles. The minimum Gasteiger partial charge on any atom is -0.493 e. The average molecular weight is 395 g/mol. The number of benzene rings is 1. The van der Waals surface area contributed by atoms with E-state index in [0.29, 0.717) is 18.8 Å². The van der Waals surface area contributed by atoms with E-state index in [1.54, 1.807) is 18.3 Å². The van der Waals surface area contributed by atoms with Crippen molar-refractivity contribution >= 4 is 0 Å². The number of halogens is 3. The van der Waals surface area contributed by atoms with Crippen LogP contribution in [0.2, 0.25) is 0 Å². The van der Waals surface area contributed by atoms with Crippen LogP contribution in [0.3, 0.4) is 0 Å². The number of furan rings is 1. The van der Waals surface area contributed by atoms with E-state index >= 15 is 0 Å². The van der Waals surface area contributed by atoms with E-state index < -0.39 is 12.8 Å². The third kappa shape index (κ3) is 5.07. The topological polar surface area (TPSA) is 72.3 Å². The summed E-state index contributed by atoms with van der Waals surface area (Å²) >= 11 is 0. The molecule has 0 unspecified atom stereocenters. The maximum atomic E-state index is 12.3. The van der Waals surface area contributed by atoms with Gasteiger partial charge in [0.2, 0.25) is 0 Å². The smallest absolute Gasteiger partial charge is 0.422 e. The number of methoxy groups -OCH3 is 1. The molecule has 1 aromatic carbocycles. The van der Waals surface area contributed by atoms with Crippen molar-refractivity contribution in [3.05, 3.63) is 53.4 Å². The summed E-state index contributed by atoms with van der Waals surface area (Å²) < 4.78 is 52.5. The first-order chi connectivity index (χ1) is 13.4. The molecule has 0 spiro atoms. The summed E-state index contributed by atoms with van der Waals surface area (Å²) in [5.41, 5.74) is 2.58. The summed E-state index contributed by atoms with van der Waals surface area (Å²) in [6.45, 7) is 1.52. The summed E-state index contributed by atoms with van der Waals surface area (Å²) in [7, 11) is 1.39. The second-order valence-electron chi connectivity index (χ2n) is 6.17. The van der Waals surface area contributed by atoms with Crippen LogP contribution in [-0.4, -0.2) is 30.1 Å². The van der Waals surface area contributed by atoms with E-state index in [9.17, 15) is 13.2 Å². The van der Waals surface area contributed by atoms with Gasteiger partial charge in [0, 0.05) is 18.7 Å². The van der Waals surface area contributed by atoms with Crippen molar-refractivity contribution in [3.8, 4) is 23.0 Å². The Hall–Kier alpha value is -2.94. The van der Waals surface area contributed by atoms with Crippen LogP contribution in [0.4, 0.5) is 13.2 Å². The highest BCUT2D eigenvalue weighted by Crippen LogP contribution is 2.30. The van der Waals surface area contributed by atoms with Crippen LogP contribution >= 0.6 is 0 Å². The minimum atomic E-state index is -4.40. The van der Waals surface area contributed by atoms with E-state index in [-0.39, 0.29) is 11.5 Å². The van der Waals surface area contributed by atoms with Crippen LogP contribution in [0.15, 0.2) is 40.9 Å². The number of alkyl halides is 3. The molecular formula is C19H20F3N3O3. The normalized spacial score (nSPS) is 11.6. The van der Waals surface area contributed by atoms with Gasteiger partial charge >= 0.3 is 6.18 Å². The molecule has 2 heterocycles. The summed E-state index contributed by atoms with van der Waals surface area (Å²) in [5, 5.41) is 10.3. The van der Waals surface area contributed by atoms with Gasteiger partial charge in [0.1, 0.15) is 11.5 Å². The molecule has 0 radical (unpaired) electrons. The van der Waals surface area contributed by atoms with Gasteiger partial charge < -0.3 is 19.2 Å². The standard InChI is InChI=1S/C19H20F3N3O3/c1-12-3-5-16(28-12)18-14(10-24-25-18)9-23-8-13-4-6-15(17(7-13)26-2)27-11-19(20,21)22/h3-7,10,23H,8-9,11H2,1-2H3,(H,24,25). The maximum absolute atomic E-state index is 12.3. The number of hydrogen-bond donors (Lipinski definition) is 2. The third-order valence-electron chi connectivity index (χ3n) is 3.97. The first-order valence-corrected chi connectivity index (χ1v) is 8.52. The Kier molecular flexibility index (Phi) is 5.93. The molecular weight excluding hydrogens is 375 g/mol. The highest BCUT2D eigenvalue weighted by molar-refractivity contribution is 5.56. The number of rotatable bonds is 8. The zero-order valence-electron chi connectivity index (χ0n) is 15.4. The third-order valence-corrected chi connectivity index (χ3v) is 3.97. The molecule has 0 amide bonds. The Bertz CT molecular complexity index is 919. The molecule has 3 rings (SSSR count). The maximum Gasteiger partial charge on any atom is 0.422 e. The molecule has 2 N–H and O–H groups in total. The lowest BCUT2D eigenvalue weighted by Crippen LogP contribution is -2.19. The van der Waals surface area contributed by atoms with Crippen molar-refractivity contribution in [2.75, 3.05) is 13.7 Å². The van der Waals surface area contributed by atoms with Crippen LogP contribution in [0.1, 0.15) is 16.9 Å². The van der Waals surface area contributed by atoms with Gasteiger partial charge in [-0.1, -0.05) is 6.07 Å². The first-order valence-electron chi connectivity index (χ1n) is 8.52. The fraction of sp³-hybridized carbons (Fsp3) is 0.316. The minimum absolute atomic E-state index is 0.0499. The number of hydrogen-bond acceptors (Lipinski definition) is 5. The lowest BCUT2D eigenvalue weighted by atomic mass is 10.1. The second kappa shape index (κ2) is 8.39. The summed E-state index contributed by atoms with van der Waals surface area (Å²) in [6, 6.07) is 8.55. The molecule has 28 heavy (non-hydrogen) atoms. The molecule has 0 aliphatic heterocycles. The SMILES string of the molecule is COc1cc(CNCc2cn[nH]c2-c2ccc(C)o2)ccc1OCC(F)(F)F. The van der Waals surface area contributed by atoms with E-state index in [0.717, 1.165) is 22.6 Å². The zero-order valence-corrected chi connectivity index (χ0v) is 15.4. The molecule has 9 heteroatoms. The van der Waals surface area contributed by atoms with Crippen LogP contribution in [0.25, 0.3) is 11.5 Å². The molecule has 0 saturated carbocycles. The van der Waals surface area contributed by atoms with Gasteiger partial charge in [-0.05, 0) is 36.8 Å². The number of nitrogens with one attached hydrogen (secondary N) is 2. The van der Waals surface area contributed by atoms with Crippen LogP contribution in [0.5, 0.6) is 11.5 Å². The van der Waals surface area contributed by atoms with Crippen molar-refractivity contribution in [1.82, 2.24) is 15.5 Å². The Morgan fingerprint density at radius 2 is 1.96 bits per heavy atom. The monoisotopic (exact) mass is 395 g/mol. The highest BCUT2D eigenvalue weighted by atomic mass is 19.4. The number of H-pyrrole nitrogens is 1. The van der Waals surface area contributed by atoms with Crippen LogP contribution in [-0.2, 0) is 13.1 Å². The van der Waals surface area contributed by atoms with Crippen molar-refractivity contribution in [3.63, 3.8) is 0 Å². The Balaban J connectivity index is 1.60. The Labute approximate surface area is 159 Å². The molecule has 3 aromatic rings. The number of aromatic amines is 1. The quantitative estimate of drug-likeness (QED) is 0.598. The highest BCUT2D eigenvalue weighted by Gasteiger charge is 2.29.